The molecule has 0 spiro atoms. The Balaban J connectivity index is 1.03. The molecule has 0 bridgehead atoms. The van der Waals surface area contributed by atoms with Crippen LogP contribution >= 0.6 is 0 Å². The molecule has 0 saturated carbocycles. The fourth-order valence-electron chi connectivity index (χ4n) is 8.87. The number of rotatable bonds is 6. The molecule has 272 valence electrons. The lowest BCUT2D eigenvalue weighted by Crippen LogP contribution is -2.10. The Kier molecular flexibility index (Phi) is 7.20. The number of hydrogen-bond acceptors (Lipinski definition) is 3. The van der Waals surface area contributed by atoms with Crippen molar-refractivity contribution < 1.29 is 8.83 Å². The Morgan fingerprint density at radius 2 is 0.897 bits per heavy atom. The van der Waals surface area contributed by atoms with Crippen LogP contribution in [-0.2, 0) is 0 Å². The fourth-order valence-corrected chi connectivity index (χ4v) is 8.87. The molecular formula is C54H34N2O2. The van der Waals surface area contributed by atoms with Gasteiger partial charge in [-0.2, -0.15) is 0 Å². The molecule has 12 rings (SSSR count). The number of benzene rings is 9. The molecule has 0 aliphatic carbocycles. The Morgan fingerprint density at radius 3 is 1.67 bits per heavy atom. The van der Waals surface area contributed by atoms with E-state index in [4.69, 9.17) is 8.83 Å². The van der Waals surface area contributed by atoms with Crippen LogP contribution in [0, 0.1) is 0 Å². The number of para-hydroxylation sites is 4. The lowest BCUT2D eigenvalue weighted by Gasteiger charge is -2.26. The lowest BCUT2D eigenvalue weighted by atomic mass is 10.0. The molecule has 4 heteroatoms. The van der Waals surface area contributed by atoms with Gasteiger partial charge in [0, 0.05) is 60.6 Å². The molecule has 0 amide bonds. The van der Waals surface area contributed by atoms with Crippen LogP contribution in [0.2, 0.25) is 0 Å². The van der Waals surface area contributed by atoms with Crippen LogP contribution in [0.1, 0.15) is 0 Å². The van der Waals surface area contributed by atoms with E-state index >= 15 is 0 Å². The highest BCUT2D eigenvalue weighted by molar-refractivity contribution is 6.12. The van der Waals surface area contributed by atoms with Gasteiger partial charge in [-0.15, -0.1) is 0 Å². The fraction of sp³-hybridized carbons (Fsp3) is 0. The van der Waals surface area contributed by atoms with Gasteiger partial charge >= 0.3 is 0 Å². The number of fused-ring (bicyclic) bond motifs is 9. The zero-order valence-corrected chi connectivity index (χ0v) is 31.3. The van der Waals surface area contributed by atoms with Crippen LogP contribution in [0.25, 0.3) is 93.6 Å². The summed E-state index contributed by atoms with van der Waals surface area (Å²) in [6.07, 6.45) is 0. The molecule has 3 heterocycles. The van der Waals surface area contributed by atoms with Crippen LogP contribution in [0.3, 0.4) is 0 Å². The van der Waals surface area contributed by atoms with E-state index in [1.54, 1.807) is 0 Å². The van der Waals surface area contributed by atoms with Gasteiger partial charge in [-0.05, 0) is 89.5 Å². The van der Waals surface area contributed by atoms with E-state index in [2.05, 4.69) is 191 Å². The maximum atomic E-state index is 6.44. The van der Waals surface area contributed by atoms with E-state index in [1.807, 2.05) is 24.3 Å². The summed E-state index contributed by atoms with van der Waals surface area (Å²) in [6, 6.07) is 73.3. The average Bonchev–Trinajstić information content (AvgIpc) is 3.96. The maximum absolute atomic E-state index is 6.44. The van der Waals surface area contributed by atoms with Crippen LogP contribution in [-0.4, -0.2) is 4.57 Å². The van der Waals surface area contributed by atoms with Gasteiger partial charge in [-0.1, -0.05) is 133 Å². The molecule has 0 N–H and O–H groups in total. The molecule has 12 aromatic rings. The van der Waals surface area contributed by atoms with E-state index in [0.29, 0.717) is 0 Å². The third kappa shape index (κ3) is 5.09. The van der Waals surface area contributed by atoms with Crippen molar-refractivity contribution in [1.82, 2.24) is 4.57 Å². The molecular weight excluding hydrogens is 709 g/mol. The molecule has 4 nitrogen and oxygen atoms in total. The van der Waals surface area contributed by atoms with Crippen molar-refractivity contribution >= 4 is 82.7 Å². The SMILES string of the molecule is c1ccc(-c2ccc(N(c3ccc(-c4cccc5c4oc4ccccc45)cc3)c3ccc4c5ccccc5n(-c5ccc6oc7ccccc7c6c5)c4c3)cc2)cc1. The van der Waals surface area contributed by atoms with E-state index in [-0.39, 0.29) is 0 Å². The first-order chi connectivity index (χ1) is 28.7. The van der Waals surface area contributed by atoms with Gasteiger partial charge in [0.2, 0.25) is 0 Å². The second kappa shape index (κ2) is 12.9. The van der Waals surface area contributed by atoms with Crippen molar-refractivity contribution in [2.75, 3.05) is 4.90 Å². The summed E-state index contributed by atoms with van der Waals surface area (Å²) < 4.78 is 15.1. The molecule has 0 radical (unpaired) electrons. The van der Waals surface area contributed by atoms with Crippen molar-refractivity contribution in [3.8, 4) is 27.9 Å². The van der Waals surface area contributed by atoms with Crippen molar-refractivity contribution in [2.45, 2.75) is 0 Å². The lowest BCUT2D eigenvalue weighted by molar-refractivity contribution is 0.669. The van der Waals surface area contributed by atoms with Gasteiger partial charge in [0.25, 0.3) is 0 Å². The molecule has 3 aromatic heterocycles. The molecule has 0 aliphatic rings. The predicted octanol–water partition coefficient (Wildman–Crippen LogP) is 15.4. The van der Waals surface area contributed by atoms with Gasteiger partial charge in [0.1, 0.15) is 22.3 Å². The summed E-state index contributed by atoms with van der Waals surface area (Å²) in [7, 11) is 0. The topological polar surface area (TPSA) is 34.5 Å². The molecule has 0 fully saturated rings. The smallest absolute Gasteiger partial charge is 0.143 e. The monoisotopic (exact) mass is 742 g/mol. The molecule has 0 aliphatic heterocycles. The maximum Gasteiger partial charge on any atom is 0.143 e. The van der Waals surface area contributed by atoms with Crippen LogP contribution in [0.5, 0.6) is 0 Å². The Hall–Kier alpha value is -7.82. The van der Waals surface area contributed by atoms with E-state index in [0.717, 1.165) is 88.8 Å². The third-order valence-electron chi connectivity index (χ3n) is 11.6. The summed E-state index contributed by atoms with van der Waals surface area (Å²) in [6.45, 7) is 0. The summed E-state index contributed by atoms with van der Waals surface area (Å²) >= 11 is 0. The van der Waals surface area contributed by atoms with E-state index in [9.17, 15) is 0 Å². The van der Waals surface area contributed by atoms with Gasteiger partial charge in [0.15, 0.2) is 0 Å². The van der Waals surface area contributed by atoms with Crippen molar-refractivity contribution in [1.29, 1.82) is 0 Å². The highest BCUT2D eigenvalue weighted by Crippen LogP contribution is 2.42. The summed E-state index contributed by atoms with van der Waals surface area (Å²) in [5, 5.41) is 6.89. The number of hydrogen-bond donors (Lipinski definition) is 0. The molecule has 0 atom stereocenters. The van der Waals surface area contributed by atoms with Gasteiger partial charge in [-0.25, -0.2) is 0 Å². The Morgan fingerprint density at radius 1 is 0.328 bits per heavy atom. The van der Waals surface area contributed by atoms with Crippen LogP contribution in [0.4, 0.5) is 17.1 Å². The summed E-state index contributed by atoms with van der Waals surface area (Å²) in [5.41, 5.74) is 14.7. The summed E-state index contributed by atoms with van der Waals surface area (Å²) in [4.78, 5) is 2.36. The zero-order valence-electron chi connectivity index (χ0n) is 31.3. The van der Waals surface area contributed by atoms with E-state index in [1.165, 1.54) is 21.9 Å². The quantitative estimate of drug-likeness (QED) is 0.170. The highest BCUT2D eigenvalue weighted by atomic mass is 16.3. The Bertz CT molecular complexity index is 3500. The van der Waals surface area contributed by atoms with Crippen LogP contribution < -0.4 is 4.90 Å². The normalized spacial score (nSPS) is 11.8. The standard InChI is InChI=1S/C54H34N2O2/c1-2-11-35(12-3-1)36-21-25-38(26-22-36)55(39-27-23-37(24-28-39)42-16-10-17-47-45-14-5-9-20-52(45)58-54(42)47)41-29-31-44-43-13-4-7-18-49(43)56(50(44)34-41)40-30-32-53-48(33-40)46-15-6-8-19-51(46)57-53/h1-34H. The van der Waals surface area contributed by atoms with Crippen molar-refractivity contribution in [3.63, 3.8) is 0 Å². The first-order valence-corrected chi connectivity index (χ1v) is 19.7. The minimum atomic E-state index is 0.886. The highest BCUT2D eigenvalue weighted by Gasteiger charge is 2.19. The molecule has 9 aromatic carbocycles. The van der Waals surface area contributed by atoms with Crippen molar-refractivity contribution in [2.24, 2.45) is 0 Å². The Labute approximate surface area is 334 Å². The molecule has 58 heavy (non-hydrogen) atoms. The summed E-state index contributed by atoms with van der Waals surface area (Å²) in [5.74, 6) is 0. The number of aromatic nitrogens is 1. The number of nitrogens with zero attached hydrogens (tertiary/aromatic N) is 2. The van der Waals surface area contributed by atoms with E-state index < -0.39 is 0 Å². The second-order valence-electron chi connectivity index (χ2n) is 14.9. The zero-order chi connectivity index (χ0) is 38.2. The van der Waals surface area contributed by atoms with Crippen LogP contribution in [0.15, 0.2) is 215 Å². The van der Waals surface area contributed by atoms with Gasteiger partial charge in [0.05, 0.1) is 11.0 Å². The van der Waals surface area contributed by atoms with Gasteiger partial charge in [-0.3, -0.25) is 0 Å². The second-order valence-corrected chi connectivity index (χ2v) is 14.9. The van der Waals surface area contributed by atoms with Crippen molar-refractivity contribution in [3.05, 3.63) is 206 Å². The minimum Gasteiger partial charge on any atom is -0.456 e. The molecule has 0 saturated heterocycles. The minimum absolute atomic E-state index is 0.886. The average molecular weight is 743 g/mol. The first-order valence-electron chi connectivity index (χ1n) is 19.7. The first kappa shape index (κ1) is 32.4. The van der Waals surface area contributed by atoms with Gasteiger partial charge < -0.3 is 18.3 Å². The predicted molar refractivity (Wildman–Crippen MR) is 241 cm³/mol. The number of anilines is 3. The molecule has 0 unspecified atom stereocenters. The number of furan rings is 2. The largest absolute Gasteiger partial charge is 0.456 e. The third-order valence-corrected chi connectivity index (χ3v) is 11.6.